The third kappa shape index (κ3) is 8.73. The molecule has 0 spiro atoms. The molecule has 0 aromatic carbocycles. The van der Waals surface area contributed by atoms with Crippen molar-refractivity contribution >= 4 is 17.6 Å². The lowest BCUT2D eigenvalue weighted by Crippen LogP contribution is -2.27. The van der Waals surface area contributed by atoms with Gasteiger partial charge in [0.1, 0.15) is 4.87 Å². The van der Waals surface area contributed by atoms with Crippen molar-refractivity contribution in [1.82, 2.24) is 0 Å². The van der Waals surface area contributed by atoms with Gasteiger partial charge in [-0.25, -0.2) is 0 Å². The lowest BCUT2D eigenvalue weighted by atomic mass is 10.1. The van der Waals surface area contributed by atoms with Crippen molar-refractivity contribution in [3.8, 4) is 0 Å². The maximum Gasteiger partial charge on any atom is 0.326 e. The van der Waals surface area contributed by atoms with Crippen molar-refractivity contribution in [3.63, 3.8) is 0 Å². The number of rotatable bonds is 8. The Morgan fingerprint density at radius 2 is 1.67 bits per heavy atom. The van der Waals surface area contributed by atoms with Gasteiger partial charge in [-0.15, -0.1) is 11.6 Å². The van der Waals surface area contributed by atoms with Gasteiger partial charge in [-0.1, -0.05) is 39.0 Å². The molecule has 0 saturated carbocycles. The Hall–Kier alpha value is -0.240. The zero-order valence-corrected chi connectivity index (χ0v) is 10.9. The van der Waals surface area contributed by atoms with Crippen molar-refractivity contribution in [2.24, 2.45) is 0 Å². The SMILES string of the molecule is CCCCCCCCOC(=O)C(C)(C)Cl. The number of halogens is 1. The molecule has 0 aliphatic carbocycles. The summed E-state index contributed by atoms with van der Waals surface area (Å²) in [5.74, 6) is -0.322. The summed E-state index contributed by atoms with van der Waals surface area (Å²) >= 11 is 5.79. The van der Waals surface area contributed by atoms with Crippen LogP contribution in [0.5, 0.6) is 0 Å². The van der Waals surface area contributed by atoms with Crippen LogP contribution in [0.15, 0.2) is 0 Å². The molecule has 90 valence electrons. The summed E-state index contributed by atoms with van der Waals surface area (Å²) in [5.41, 5.74) is 0. The molecule has 0 fully saturated rings. The average molecular weight is 235 g/mol. The Labute approximate surface area is 98.3 Å². The van der Waals surface area contributed by atoms with Gasteiger partial charge in [0.05, 0.1) is 6.61 Å². The van der Waals surface area contributed by atoms with Crippen molar-refractivity contribution in [2.75, 3.05) is 6.61 Å². The van der Waals surface area contributed by atoms with Gasteiger partial charge in [0.15, 0.2) is 0 Å². The zero-order valence-electron chi connectivity index (χ0n) is 10.1. The average Bonchev–Trinajstić information content (AvgIpc) is 2.14. The smallest absolute Gasteiger partial charge is 0.326 e. The Kier molecular flexibility index (Phi) is 7.85. The van der Waals surface area contributed by atoms with E-state index in [1.807, 2.05) is 0 Å². The van der Waals surface area contributed by atoms with E-state index in [4.69, 9.17) is 16.3 Å². The van der Waals surface area contributed by atoms with E-state index >= 15 is 0 Å². The first kappa shape index (κ1) is 14.8. The highest BCUT2D eigenvalue weighted by Crippen LogP contribution is 2.14. The van der Waals surface area contributed by atoms with Gasteiger partial charge in [-0.3, -0.25) is 4.79 Å². The van der Waals surface area contributed by atoms with Gasteiger partial charge in [-0.05, 0) is 20.3 Å². The van der Waals surface area contributed by atoms with E-state index in [9.17, 15) is 4.79 Å². The standard InChI is InChI=1S/C12H23ClO2/c1-4-5-6-7-8-9-10-15-11(14)12(2,3)13/h4-10H2,1-3H3. The largest absolute Gasteiger partial charge is 0.464 e. The molecule has 0 N–H and O–H groups in total. The Bertz CT molecular complexity index is 173. The van der Waals surface area contributed by atoms with E-state index < -0.39 is 4.87 Å². The normalized spacial score (nSPS) is 11.5. The first-order valence-electron chi connectivity index (χ1n) is 5.84. The van der Waals surface area contributed by atoms with Gasteiger partial charge in [0.25, 0.3) is 0 Å². The van der Waals surface area contributed by atoms with Gasteiger partial charge >= 0.3 is 5.97 Å². The number of ether oxygens (including phenoxy) is 1. The first-order valence-corrected chi connectivity index (χ1v) is 6.22. The highest BCUT2D eigenvalue weighted by molar-refractivity contribution is 6.33. The Balaban J connectivity index is 3.28. The molecule has 0 heterocycles. The minimum Gasteiger partial charge on any atom is -0.464 e. The zero-order chi connectivity index (χ0) is 11.7. The summed E-state index contributed by atoms with van der Waals surface area (Å²) in [4.78, 5) is 10.4. The highest BCUT2D eigenvalue weighted by Gasteiger charge is 2.25. The van der Waals surface area contributed by atoms with Crippen LogP contribution in [-0.4, -0.2) is 17.5 Å². The molecular weight excluding hydrogens is 212 g/mol. The highest BCUT2D eigenvalue weighted by atomic mass is 35.5. The van der Waals surface area contributed by atoms with Gasteiger partial charge < -0.3 is 4.74 Å². The fourth-order valence-electron chi connectivity index (χ4n) is 1.22. The number of esters is 1. The summed E-state index contributed by atoms with van der Waals surface area (Å²) in [6.45, 7) is 6.00. The third-order valence-corrected chi connectivity index (χ3v) is 2.37. The summed E-state index contributed by atoms with van der Waals surface area (Å²) in [7, 11) is 0. The number of hydrogen-bond donors (Lipinski definition) is 0. The minimum atomic E-state index is -0.887. The van der Waals surface area contributed by atoms with E-state index in [1.165, 1.54) is 25.7 Å². The molecule has 0 bridgehead atoms. The number of hydrogen-bond acceptors (Lipinski definition) is 2. The second-order valence-corrected chi connectivity index (χ2v) is 5.32. The quantitative estimate of drug-likeness (QED) is 0.362. The molecule has 0 unspecified atom stereocenters. The summed E-state index contributed by atoms with van der Waals surface area (Å²) in [6.07, 6.45) is 7.16. The Morgan fingerprint density at radius 3 is 2.20 bits per heavy atom. The number of carbonyl (C=O) groups excluding carboxylic acids is 1. The van der Waals surface area contributed by atoms with Crippen LogP contribution in [0, 0.1) is 0 Å². The molecule has 0 radical (unpaired) electrons. The van der Waals surface area contributed by atoms with Crippen molar-refractivity contribution in [2.45, 2.75) is 64.2 Å². The molecule has 0 rings (SSSR count). The van der Waals surface area contributed by atoms with Crippen LogP contribution < -0.4 is 0 Å². The van der Waals surface area contributed by atoms with Crippen LogP contribution in [0.2, 0.25) is 0 Å². The predicted molar refractivity (Wildman–Crippen MR) is 64.3 cm³/mol. The molecular formula is C12H23ClO2. The topological polar surface area (TPSA) is 26.3 Å². The fraction of sp³-hybridized carbons (Fsp3) is 0.917. The van der Waals surface area contributed by atoms with Gasteiger partial charge in [0, 0.05) is 0 Å². The number of alkyl halides is 1. The molecule has 0 atom stereocenters. The molecule has 0 aromatic heterocycles. The molecule has 0 amide bonds. The summed E-state index contributed by atoms with van der Waals surface area (Å²) in [6, 6.07) is 0. The molecule has 0 aromatic rings. The number of carbonyl (C=O) groups is 1. The van der Waals surface area contributed by atoms with Crippen molar-refractivity contribution in [1.29, 1.82) is 0 Å². The van der Waals surface area contributed by atoms with E-state index in [0.29, 0.717) is 6.61 Å². The Morgan fingerprint density at radius 1 is 1.13 bits per heavy atom. The van der Waals surface area contributed by atoms with Crippen LogP contribution in [0.1, 0.15) is 59.3 Å². The lowest BCUT2D eigenvalue weighted by molar-refractivity contribution is -0.146. The van der Waals surface area contributed by atoms with Crippen LogP contribution in [0.3, 0.4) is 0 Å². The molecule has 0 aliphatic rings. The second kappa shape index (κ2) is 7.98. The fourth-order valence-corrected chi connectivity index (χ4v) is 1.27. The molecule has 2 nitrogen and oxygen atoms in total. The third-order valence-electron chi connectivity index (χ3n) is 2.22. The molecule has 15 heavy (non-hydrogen) atoms. The molecule has 0 aliphatic heterocycles. The molecule has 3 heteroatoms. The van der Waals surface area contributed by atoms with Crippen LogP contribution in [0.25, 0.3) is 0 Å². The van der Waals surface area contributed by atoms with Crippen molar-refractivity contribution in [3.05, 3.63) is 0 Å². The van der Waals surface area contributed by atoms with Gasteiger partial charge in [-0.2, -0.15) is 0 Å². The van der Waals surface area contributed by atoms with Crippen molar-refractivity contribution < 1.29 is 9.53 Å². The van der Waals surface area contributed by atoms with Crippen LogP contribution >= 0.6 is 11.6 Å². The number of unbranched alkanes of at least 4 members (excludes halogenated alkanes) is 5. The lowest BCUT2D eigenvalue weighted by Gasteiger charge is -2.14. The van der Waals surface area contributed by atoms with E-state index in [2.05, 4.69) is 6.92 Å². The maximum atomic E-state index is 11.2. The van der Waals surface area contributed by atoms with Crippen LogP contribution in [0.4, 0.5) is 0 Å². The monoisotopic (exact) mass is 234 g/mol. The van der Waals surface area contributed by atoms with Gasteiger partial charge in [0.2, 0.25) is 0 Å². The summed E-state index contributed by atoms with van der Waals surface area (Å²) < 4.78 is 5.04. The molecule has 0 saturated heterocycles. The first-order chi connectivity index (χ1) is 6.98. The summed E-state index contributed by atoms with van der Waals surface area (Å²) in [5, 5.41) is 0. The minimum absolute atomic E-state index is 0.322. The second-order valence-electron chi connectivity index (χ2n) is 4.38. The van der Waals surface area contributed by atoms with E-state index in [1.54, 1.807) is 13.8 Å². The van der Waals surface area contributed by atoms with E-state index in [0.717, 1.165) is 12.8 Å². The van der Waals surface area contributed by atoms with Crippen LogP contribution in [-0.2, 0) is 9.53 Å². The predicted octanol–water partition coefficient (Wildman–Crippen LogP) is 3.91. The maximum absolute atomic E-state index is 11.2. The van der Waals surface area contributed by atoms with E-state index in [-0.39, 0.29) is 5.97 Å².